The third kappa shape index (κ3) is 3.47. The van der Waals surface area contributed by atoms with Crippen LogP contribution in [0.1, 0.15) is 42.5 Å². The minimum atomic E-state index is -0.641. The van der Waals surface area contributed by atoms with Crippen LogP contribution in [0.3, 0.4) is 0 Å². The molecule has 5 nitrogen and oxygen atoms in total. The molecule has 0 aliphatic heterocycles. The number of carbonyl (C=O) groups excluding carboxylic acids is 1. The van der Waals surface area contributed by atoms with Crippen molar-refractivity contribution in [3.63, 3.8) is 0 Å². The molecule has 0 aromatic heterocycles. The number of benzene rings is 1. The van der Waals surface area contributed by atoms with Crippen molar-refractivity contribution in [3.8, 4) is 0 Å². The van der Waals surface area contributed by atoms with Gasteiger partial charge in [0.05, 0.1) is 9.82 Å². The van der Waals surface area contributed by atoms with Gasteiger partial charge in [-0.1, -0.05) is 19.3 Å². The van der Waals surface area contributed by atoms with E-state index in [1.54, 1.807) is 23.9 Å². The van der Waals surface area contributed by atoms with Crippen molar-refractivity contribution in [2.45, 2.75) is 42.2 Å². The van der Waals surface area contributed by atoms with Crippen LogP contribution in [0.4, 0.5) is 5.69 Å². The van der Waals surface area contributed by atoms with E-state index in [9.17, 15) is 14.9 Å². The first-order chi connectivity index (χ1) is 9.08. The van der Waals surface area contributed by atoms with Crippen molar-refractivity contribution in [2.24, 2.45) is 5.73 Å². The van der Waals surface area contributed by atoms with Gasteiger partial charge in [-0.15, -0.1) is 11.8 Å². The van der Waals surface area contributed by atoms with Crippen molar-refractivity contribution in [2.75, 3.05) is 0 Å². The SMILES string of the molecule is NC(=O)c1ccc(SC2CCCCC2)c([N+](=O)[O-])c1. The van der Waals surface area contributed by atoms with E-state index in [4.69, 9.17) is 5.73 Å². The van der Waals surface area contributed by atoms with E-state index in [1.807, 2.05) is 0 Å². The summed E-state index contributed by atoms with van der Waals surface area (Å²) in [5, 5.41) is 11.5. The van der Waals surface area contributed by atoms with Gasteiger partial charge in [0.15, 0.2) is 0 Å². The molecule has 102 valence electrons. The molecule has 0 spiro atoms. The minimum absolute atomic E-state index is 0.0214. The summed E-state index contributed by atoms with van der Waals surface area (Å²) in [6, 6.07) is 4.46. The molecular formula is C13H16N2O3S. The number of hydrogen-bond acceptors (Lipinski definition) is 4. The lowest BCUT2D eigenvalue weighted by Crippen LogP contribution is -2.12. The van der Waals surface area contributed by atoms with Crippen LogP contribution in [0.5, 0.6) is 0 Å². The summed E-state index contributed by atoms with van der Waals surface area (Å²) in [6.45, 7) is 0. The fourth-order valence-corrected chi connectivity index (χ4v) is 3.60. The van der Waals surface area contributed by atoms with Gasteiger partial charge in [0.2, 0.25) is 5.91 Å². The standard InChI is InChI=1S/C13H16N2O3S/c14-13(16)9-6-7-12(11(8-9)15(17)18)19-10-4-2-1-3-5-10/h6-8,10H,1-5H2,(H2,14,16). The normalized spacial score (nSPS) is 16.2. The summed E-state index contributed by atoms with van der Waals surface area (Å²) in [7, 11) is 0. The van der Waals surface area contributed by atoms with Crippen molar-refractivity contribution in [1.29, 1.82) is 0 Å². The van der Waals surface area contributed by atoms with Crippen molar-refractivity contribution < 1.29 is 9.72 Å². The highest BCUT2D eigenvalue weighted by atomic mass is 32.2. The highest BCUT2D eigenvalue weighted by Gasteiger charge is 2.21. The van der Waals surface area contributed by atoms with Gasteiger partial charge in [0, 0.05) is 16.9 Å². The Morgan fingerprint density at radius 1 is 1.32 bits per heavy atom. The van der Waals surface area contributed by atoms with Crippen LogP contribution < -0.4 is 5.73 Å². The molecular weight excluding hydrogens is 264 g/mol. The molecule has 6 heteroatoms. The topological polar surface area (TPSA) is 86.2 Å². The van der Waals surface area contributed by atoms with Gasteiger partial charge < -0.3 is 5.73 Å². The largest absolute Gasteiger partial charge is 0.366 e. The average molecular weight is 280 g/mol. The third-order valence-electron chi connectivity index (χ3n) is 3.29. The highest BCUT2D eigenvalue weighted by molar-refractivity contribution is 8.00. The lowest BCUT2D eigenvalue weighted by molar-refractivity contribution is -0.387. The number of nitrogens with two attached hydrogens (primary N) is 1. The number of primary amides is 1. The van der Waals surface area contributed by atoms with Gasteiger partial charge in [-0.3, -0.25) is 14.9 Å². The lowest BCUT2D eigenvalue weighted by Gasteiger charge is -2.20. The maximum absolute atomic E-state index is 11.1. The van der Waals surface area contributed by atoms with E-state index in [0.717, 1.165) is 12.8 Å². The summed E-state index contributed by atoms with van der Waals surface area (Å²) in [4.78, 5) is 22.3. The number of rotatable bonds is 4. The van der Waals surface area contributed by atoms with Crippen molar-refractivity contribution in [1.82, 2.24) is 0 Å². The lowest BCUT2D eigenvalue weighted by atomic mass is 10.0. The molecule has 19 heavy (non-hydrogen) atoms. The Labute approximate surface area is 115 Å². The molecule has 1 aromatic rings. The number of carbonyl (C=O) groups is 1. The van der Waals surface area contributed by atoms with E-state index >= 15 is 0 Å². The summed E-state index contributed by atoms with van der Waals surface area (Å²) < 4.78 is 0. The van der Waals surface area contributed by atoms with Crippen molar-refractivity contribution >= 4 is 23.4 Å². The highest BCUT2D eigenvalue weighted by Crippen LogP contribution is 2.38. The van der Waals surface area contributed by atoms with Crippen LogP contribution in [0.15, 0.2) is 23.1 Å². The van der Waals surface area contributed by atoms with E-state index in [0.29, 0.717) is 10.1 Å². The number of thioether (sulfide) groups is 1. The molecule has 1 saturated carbocycles. The van der Waals surface area contributed by atoms with Gasteiger partial charge in [-0.2, -0.15) is 0 Å². The van der Waals surface area contributed by atoms with Gasteiger partial charge in [-0.05, 0) is 25.0 Å². The number of nitrogens with zero attached hydrogens (tertiary/aromatic N) is 1. The monoisotopic (exact) mass is 280 g/mol. The van der Waals surface area contributed by atoms with Crippen LogP contribution in [0, 0.1) is 10.1 Å². The van der Waals surface area contributed by atoms with Gasteiger partial charge in [0.1, 0.15) is 0 Å². The Kier molecular flexibility index (Phi) is 4.42. The summed E-state index contributed by atoms with van der Waals surface area (Å²) in [5.41, 5.74) is 5.31. The third-order valence-corrected chi connectivity index (χ3v) is 4.69. The summed E-state index contributed by atoms with van der Waals surface area (Å²) in [6.07, 6.45) is 5.81. The zero-order chi connectivity index (χ0) is 13.8. The van der Waals surface area contributed by atoms with E-state index in [1.165, 1.54) is 25.3 Å². The maximum atomic E-state index is 11.1. The minimum Gasteiger partial charge on any atom is -0.366 e. The zero-order valence-electron chi connectivity index (χ0n) is 10.5. The molecule has 0 bridgehead atoms. The van der Waals surface area contributed by atoms with E-state index in [-0.39, 0.29) is 11.3 Å². The predicted molar refractivity (Wildman–Crippen MR) is 74.3 cm³/mol. The van der Waals surface area contributed by atoms with Gasteiger partial charge in [0.25, 0.3) is 5.69 Å². The van der Waals surface area contributed by atoms with E-state index in [2.05, 4.69) is 0 Å². The van der Waals surface area contributed by atoms with Crippen molar-refractivity contribution in [3.05, 3.63) is 33.9 Å². The van der Waals surface area contributed by atoms with Gasteiger partial charge >= 0.3 is 0 Å². The van der Waals surface area contributed by atoms with Crippen LogP contribution in [-0.4, -0.2) is 16.1 Å². The molecule has 0 unspecified atom stereocenters. The first-order valence-corrected chi connectivity index (χ1v) is 7.21. The molecule has 1 aromatic carbocycles. The maximum Gasteiger partial charge on any atom is 0.283 e. The Hall–Kier alpha value is -1.56. The Bertz CT molecular complexity index is 499. The molecule has 1 amide bonds. The molecule has 0 atom stereocenters. The molecule has 1 aliphatic carbocycles. The number of nitro benzene ring substituents is 1. The predicted octanol–water partition coefficient (Wildman–Crippen LogP) is 3.12. The smallest absolute Gasteiger partial charge is 0.283 e. The summed E-state index contributed by atoms with van der Waals surface area (Å²) >= 11 is 1.55. The molecule has 0 saturated heterocycles. The fraction of sp³-hybridized carbons (Fsp3) is 0.462. The van der Waals surface area contributed by atoms with Crippen LogP contribution >= 0.6 is 11.8 Å². The van der Waals surface area contributed by atoms with Crippen LogP contribution in [-0.2, 0) is 0 Å². The quantitative estimate of drug-likeness (QED) is 0.678. The Morgan fingerprint density at radius 3 is 2.58 bits per heavy atom. The first kappa shape index (κ1) is 13.9. The van der Waals surface area contributed by atoms with Crippen LogP contribution in [0.2, 0.25) is 0 Å². The molecule has 2 N–H and O–H groups in total. The number of amides is 1. The van der Waals surface area contributed by atoms with Crippen LogP contribution in [0.25, 0.3) is 0 Å². The summed E-state index contributed by atoms with van der Waals surface area (Å²) in [5.74, 6) is -0.641. The molecule has 0 heterocycles. The molecule has 1 aliphatic rings. The average Bonchev–Trinajstić information content (AvgIpc) is 2.39. The number of hydrogen-bond donors (Lipinski definition) is 1. The fourth-order valence-electron chi connectivity index (χ4n) is 2.28. The number of nitro groups is 1. The Balaban J connectivity index is 2.23. The second-order valence-electron chi connectivity index (χ2n) is 4.68. The first-order valence-electron chi connectivity index (χ1n) is 6.33. The second-order valence-corrected chi connectivity index (χ2v) is 6.02. The Morgan fingerprint density at radius 2 is 2.00 bits per heavy atom. The molecule has 0 radical (unpaired) electrons. The molecule has 1 fully saturated rings. The zero-order valence-corrected chi connectivity index (χ0v) is 11.3. The van der Waals surface area contributed by atoms with Gasteiger partial charge in [-0.25, -0.2) is 0 Å². The van der Waals surface area contributed by atoms with E-state index < -0.39 is 10.8 Å². The second kappa shape index (κ2) is 6.06. The molecule has 2 rings (SSSR count).